The van der Waals surface area contributed by atoms with Gasteiger partial charge in [-0.15, -0.1) is 0 Å². The highest BCUT2D eigenvalue weighted by atomic mass is 16.7. The smallest absolute Gasteiger partial charge is 0.183 e. The molecule has 0 saturated heterocycles. The second-order valence-electron chi connectivity index (χ2n) is 4.86. The molecular weight excluding hydrogens is 240 g/mol. The summed E-state index contributed by atoms with van der Waals surface area (Å²) in [6.45, 7) is 2.39. The van der Waals surface area contributed by atoms with Gasteiger partial charge in [0.15, 0.2) is 5.78 Å². The van der Waals surface area contributed by atoms with Crippen molar-refractivity contribution >= 4 is 5.78 Å². The van der Waals surface area contributed by atoms with Gasteiger partial charge in [-0.25, -0.2) is 0 Å². The Labute approximate surface area is 114 Å². The molecule has 1 aliphatic carbocycles. The summed E-state index contributed by atoms with van der Waals surface area (Å²) >= 11 is 0. The fourth-order valence-corrected chi connectivity index (χ4v) is 1.62. The van der Waals surface area contributed by atoms with Gasteiger partial charge in [-0.1, -0.05) is 36.4 Å². The van der Waals surface area contributed by atoms with Gasteiger partial charge < -0.3 is 9.47 Å². The van der Waals surface area contributed by atoms with Gasteiger partial charge in [0.1, 0.15) is 12.9 Å². The Morgan fingerprint density at radius 2 is 2.11 bits per heavy atom. The summed E-state index contributed by atoms with van der Waals surface area (Å²) in [6.07, 6.45) is 5.59. The van der Waals surface area contributed by atoms with E-state index in [1.54, 1.807) is 13.0 Å². The molecule has 0 radical (unpaired) electrons. The van der Waals surface area contributed by atoms with Crippen molar-refractivity contribution in [2.24, 2.45) is 5.92 Å². The number of allylic oxidation sites excluding steroid dienone is 1. The van der Waals surface area contributed by atoms with Gasteiger partial charge >= 0.3 is 0 Å². The van der Waals surface area contributed by atoms with Crippen LogP contribution >= 0.6 is 0 Å². The second kappa shape index (κ2) is 7.22. The average molecular weight is 260 g/mol. The Morgan fingerprint density at radius 1 is 1.37 bits per heavy atom. The first kappa shape index (κ1) is 14.0. The van der Waals surface area contributed by atoms with Gasteiger partial charge in [-0.3, -0.25) is 4.79 Å². The summed E-state index contributed by atoms with van der Waals surface area (Å²) in [5, 5.41) is 0. The molecule has 0 bridgehead atoms. The number of ether oxygens (including phenoxy) is 2. The lowest BCUT2D eigenvalue weighted by atomic mass is 10.2. The van der Waals surface area contributed by atoms with Gasteiger partial charge in [-0.2, -0.15) is 0 Å². The average Bonchev–Trinajstić information content (AvgIpc) is 3.26. The van der Waals surface area contributed by atoms with E-state index in [1.807, 2.05) is 36.4 Å². The number of hydrogen-bond donors (Lipinski definition) is 0. The van der Waals surface area contributed by atoms with Crippen molar-refractivity contribution in [3.05, 3.63) is 48.0 Å². The number of hydrogen-bond acceptors (Lipinski definition) is 3. The Balaban J connectivity index is 1.60. The molecule has 1 atom stereocenters. The summed E-state index contributed by atoms with van der Waals surface area (Å²) in [5.41, 5.74) is 1.10. The Kier molecular flexibility index (Phi) is 5.31. The van der Waals surface area contributed by atoms with E-state index in [0.717, 1.165) is 5.56 Å². The van der Waals surface area contributed by atoms with Crippen LogP contribution in [0, 0.1) is 5.92 Å². The minimum absolute atomic E-state index is 0.00945. The van der Waals surface area contributed by atoms with Crippen molar-refractivity contribution in [3.63, 3.8) is 0 Å². The summed E-state index contributed by atoms with van der Waals surface area (Å²) < 4.78 is 10.7. The van der Waals surface area contributed by atoms with Crippen molar-refractivity contribution in [3.8, 4) is 0 Å². The van der Waals surface area contributed by atoms with Crippen LogP contribution < -0.4 is 0 Å². The summed E-state index contributed by atoms with van der Waals surface area (Å²) in [7, 11) is 0. The van der Waals surface area contributed by atoms with Crippen molar-refractivity contribution in [1.29, 1.82) is 0 Å². The molecule has 1 aliphatic rings. The highest BCUT2D eigenvalue weighted by Gasteiger charge is 2.18. The monoisotopic (exact) mass is 260 g/mol. The molecule has 0 amide bonds. The summed E-state index contributed by atoms with van der Waals surface area (Å²) in [5.74, 6) is 0.626. The lowest BCUT2D eigenvalue weighted by Gasteiger charge is -2.10. The molecular formula is C16H20O3. The van der Waals surface area contributed by atoms with Crippen molar-refractivity contribution in [2.45, 2.75) is 32.5 Å². The van der Waals surface area contributed by atoms with Gasteiger partial charge in [0.2, 0.25) is 0 Å². The quantitative estimate of drug-likeness (QED) is 0.409. The van der Waals surface area contributed by atoms with Crippen LogP contribution in [-0.4, -0.2) is 18.7 Å². The van der Waals surface area contributed by atoms with E-state index in [9.17, 15) is 4.79 Å². The van der Waals surface area contributed by atoms with Gasteiger partial charge in [0.05, 0.1) is 6.61 Å². The topological polar surface area (TPSA) is 35.5 Å². The zero-order valence-electron chi connectivity index (χ0n) is 11.2. The molecule has 0 aromatic heterocycles. The second-order valence-corrected chi connectivity index (χ2v) is 4.86. The first-order chi connectivity index (χ1) is 9.25. The maximum Gasteiger partial charge on any atom is 0.183 e. The van der Waals surface area contributed by atoms with E-state index in [2.05, 4.69) is 0 Å². The molecule has 102 valence electrons. The molecule has 0 aliphatic heterocycles. The normalized spacial score (nSPS) is 16.7. The molecule has 1 aromatic carbocycles. The maximum atomic E-state index is 11.7. The van der Waals surface area contributed by atoms with E-state index in [4.69, 9.17) is 9.47 Å². The zero-order valence-corrected chi connectivity index (χ0v) is 11.2. The zero-order chi connectivity index (χ0) is 13.5. The maximum absolute atomic E-state index is 11.7. The van der Waals surface area contributed by atoms with E-state index < -0.39 is 6.10 Å². The van der Waals surface area contributed by atoms with Crippen LogP contribution in [0.5, 0.6) is 0 Å². The van der Waals surface area contributed by atoms with Crippen LogP contribution in [0.2, 0.25) is 0 Å². The molecule has 2 rings (SSSR count). The summed E-state index contributed by atoms with van der Waals surface area (Å²) in [4.78, 5) is 11.7. The minimum atomic E-state index is -0.439. The fourth-order valence-electron chi connectivity index (χ4n) is 1.62. The molecule has 0 N–H and O–H groups in total. The third-order valence-corrected chi connectivity index (χ3v) is 3.07. The van der Waals surface area contributed by atoms with Crippen LogP contribution in [0.3, 0.4) is 0 Å². The van der Waals surface area contributed by atoms with Crippen LogP contribution in [0.15, 0.2) is 42.5 Å². The molecule has 0 unspecified atom stereocenters. The van der Waals surface area contributed by atoms with Crippen LogP contribution in [0.4, 0.5) is 0 Å². The van der Waals surface area contributed by atoms with Crippen molar-refractivity contribution < 1.29 is 14.3 Å². The standard InChI is InChI=1S/C16H20O3/c1-13(16(17)10-9-14-7-8-14)19-12-18-11-15-5-3-2-4-6-15/h2-6,9-10,13-14H,7-8,11-12H2,1H3/b10-9+/t13-/m0/s1. The third-order valence-electron chi connectivity index (χ3n) is 3.07. The van der Waals surface area contributed by atoms with E-state index in [0.29, 0.717) is 12.5 Å². The lowest BCUT2D eigenvalue weighted by molar-refractivity contribution is -0.136. The van der Waals surface area contributed by atoms with Gasteiger partial charge in [0, 0.05) is 0 Å². The third kappa shape index (κ3) is 5.37. The minimum Gasteiger partial charge on any atom is -0.351 e. The van der Waals surface area contributed by atoms with E-state index in [-0.39, 0.29) is 12.6 Å². The van der Waals surface area contributed by atoms with Crippen molar-refractivity contribution in [1.82, 2.24) is 0 Å². The van der Waals surface area contributed by atoms with Crippen LogP contribution in [0.1, 0.15) is 25.3 Å². The molecule has 3 nitrogen and oxygen atoms in total. The number of carbonyl (C=O) groups excluding carboxylic acids is 1. The number of benzene rings is 1. The van der Waals surface area contributed by atoms with Crippen LogP contribution in [-0.2, 0) is 20.9 Å². The van der Waals surface area contributed by atoms with E-state index >= 15 is 0 Å². The predicted molar refractivity (Wildman–Crippen MR) is 73.5 cm³/mol. The Bertz CT molecular complexity index is 421. The van der Waals surface area contributed by atoms with Crippen molar-refractivity contribution in [2.75, 3.05) is 6.79 Å². The summed E-state index contributed by atoms with van der Waals surface area (Å²) in [6, 6.07) is 9.88. The number of carbonyl (C=O) groups is 1. The predicted octanol–water partition coefficient (Wildman–Crippen LogP) is 3.10. The Hall–Kier alpha value is -1.45. The molecule has 3 heteroatoms. The molecule has 1 aromatic rings. The first-order valence-electron chi connectivity index (χ1n) is 6.71. The SMILES string of the molecule is C[C@H](OCOCc1ccccc1)C(=O)/C=C/C1CC1. The number of rotatable bonds is 8. The highest BCUT2D eigenvalue weighted by molar-refractivity contribution is 5.93. The highest BCUT2D eigenvalue weighted by Crippen LogP contribution is 2.30. The van der Waals surface area contributed by atoms with Crippen LogP contribution in [0.25, 0.3) is 0 Å². The molecule has 0 heterocycles. The lowest BCUT2D eigenvalue weighted by Crippen LogP contribution is -2.20. The van der Waals surface area contributed by atoms with Gasteiger partial charge in [-0.05, 0) is 37.3 Å². The van der Waals surface area contributed by atoms with E-state index in [1.165, 1.54) is 12.8 Å². The Morgan fingerprint density at radius 3 is 2.79 bits per heavy atom. The molecule has 0 spiro atoms. The molecule has 1 saturated carbocycles. The number of ketones is 1. The first-order valence-corrected chi connectivity index (χ1v) is 6.71. The molecule has 19 heavy (non-hydrogen) atoms. The largest absolute Gasteiger partial charge is 0.351 e. The molecule has 1 fully saturated rings. The fraction of sp³-hybridized carbons (Fsp3) is 0.438. The van der Waals surface area contributed by atoms with Gasteiger partial charge in [0.25, 0.3) is 0 Å².